The summed E-state index contributed by atoms with van der Waals surface area (Å²) in [5.74, 6) is 0.337. The normalized spacial score (nSPS) is 10.7. The van der Waals surface area contributed by atoms with Gasteiger partial charge in [0.25, 0.3) is 0 Å². The summed E-state index contributed by atoms with van der Waals surface area (Å²) in [5, 5.41) is 22.1. The van der Waals surface area contributed by atoms with Gasteiger partial charge in [-0.3, -0.25) is 9.36 Å². The molecule has 0 radical (unpaired) electrons. The number of aromatic nitrogens is 3. The molecule has 0 bridgehead atoms. The Balaban J connectivity index is 1.82. The topological polar surface area (TPSA) is 80.0 Å². The van der Waals surface area contributed by atoms with Crippen molar-refractivity contribution in [1.29, 1.82) is 0 Å². The molecular weight excluding hydrogens is 384 g/mol. The van der Waals surface area contributed by atoms with Crippen molar-refractivity contribution >= 4 is 35.0 Å². The standard InChI is InChI=1S/C19H19ClN4O2S/c1-13-7-8-14(11-16(13)20)21-12-17-22-23-19(27-10-9-18(25)26)24(17)15-5-3-2-4-6-15/h2-8,11,21H,9-10,12H2,1H3,(H,25,26). The van der Waals surface area contributed by atoms with Gasteiger partial charge in [-0.25, -0.2) is 0 Å². The minimum Gasteiger partial charge on any atom is -0.481 e. The van der Waals surface area contributed by atoms with Gasteiger partial charge in [-0.1, -0.05) is 47.6 Å². The molecule has 0 spiro atoms. The number of para-hydroxylation sites is 1. The predicted octanol–water partition coefficient (Wildman–Crippen LogP) is 4.41. The Kier molecular flexibility index (Phi) is 6.36. The van der Waals surface area contributed by atoms with E-state index in [1.807, 2.05) is 60.0 Å². The summed E-state index contributed by atoms with van der Waals surface area (Å²) in [6, 6.07) is 15.6. The first-order valence-electron chi connectivity index (χ1n) is 8.39. The monoisotopic (exact) mass is 402 g/mol. The molecule has 27 heavy (non-hydrogen) atoms. The number of carboxylic acid groups (broad SMARTS) is 1. The number of nitrogens with one attached hydrogen (secondary N) is 1. The summed E-state index contributed by atoms with van der Waals surface area (Å²) in [6.07, 6.45) is 0.0712. The van der Waals surface area contributed by atoms with E-state index < -0.39 is 5.97 Å². The molecule has 0 fully saturated rings. The summed E-state index contributed by atoms with van der Waals surface area (Å²) in [7, 11) is 0. The van der Waals surface area contributed by atoms with Crippen molar-refractivity contribution in [3.8, 4) is 5.69 Å². The van der Waals surface area contributed by atoms with Gasteiger partial charge < -0.3 is 10.4 Å². The van der Waals surface area contributed by atoms with Crippen molar-refractivity contribution in [3.63, 3.8) is 0 Å². The number of aryl methyl sites for hydroxylation is 1. The quantitative estimate of drug-likeness (QED) is 0.543. The lowest BCUT2D eigenvalue weighted by atomic mass is 10.2. The van der Waals surface area contributed by atoms with Crippen LogP contribution in [-0.4, -0.2) is 31.6 Å². The van der Waals surface area contributed by atoms with E-state index in [0.29, 0.717) is 22.5 Å². The van der Waals surface area contributed by atoms with E-state index in [2.05, 4.69) is 15.5 Å². The maximum atomic E-state index is 10.8. The smallest absolute Gasteiger partial charge is 0.304 e. The van der Waals surface area contributed by atoms with Gasteiger partial charge in [0.15, 0.2) is 11.0 Å². The van der Waals surface area contributed by atoms with Crippen LogP contribution in [0.3, 0.4) is 0 Å². The highest BCUT2D eigenvalue weighted by Crippen LogP contribution is 2.24. The van der Waals surface area contributed by atoms with Crippen LogP contribution in [0.25, 0.3) is 5.69 Å². The maximum Gasteiger partial charge on any atom is 0.304 e. The van der Waals surface area contributed by atoms with Gasteiger partial charge in [0.2, 0.25) is 0 Å². The molecule has 2 N–H and O–H groups in total. The molecule has 0 amide bonds. The number of aliphatic carboxylic acids is 1. The molecule has 3 rings (SSSR count). The van der Waals surface area contributed by atoms with Crippen LogP contribution < -0.4 is 5.32 Å². The van der Waals surface area contributed by atoms with Crippen molar-refractivity contribution in [2.24, 2.45) is 0 Å². The Hall–Kier alpha value is -2.51. The number of nitrogens with zero attached hydrogens (tertiary/aromatic N) is 3. The van der Waals surface area contributed by atoms with Gasteiger partial charge in [0, 0.05) is 22.2 Å². The van der Waals surface area contributed by atoms with Gasteiger partial charge in [0.05, 0.1) is 13.0 Å². The zero-order valence-corrected chi connectivity index (χ0v) is 16.3. The molecule has 1 aromatic heterocycles. The Bertz CT molecular complexity index is 931. The average Bonchev–Trinajstić information content (AvgIpc) is 3.06. The number of carbonyl (C=O) groups is 1. The predicted molar refractivity (Wildman–Crippen MR) is 108 cm³/mol. The van der Waals surface area contributed by atoms with E-state index in [-0.39, 0.29) is 6.42 Å². The van der Waals surface area contributed by atoms with E-state index in [9.17, 15) is 4.79 Å². The maximum absolute atomic E-state index is 10.8. The summed E-state index contributed by atoms with van der Waals surface area (Å²) in [4.78, 5) is 10.8. The number of thioether (sulfide) groups is 1. The number of halogens is 1. The first-order chi connectivity index (χ1) is 13.0. The van der Waals surface area contributed by atoms with Gasteiger partial charge in [-0.05, 0) is 36.8 Å². The van der Waals surface area contributed by atoms with Crippen LogP contribution >= 0.6 is 23.4 Å². The summed E-state index contributed by atoms with van der Waals surface area (Å²) in [6.45, 7) is 2.42. The third kappa shape index (κ3) is 5.02. The minimum absolute atomic E-state index is 0.0712. The van der Waals surface area contributed by atoms with E-state index in [0.717, 1.165) is 22.8 Å². The molecule has 140 valence electrons. The highest BCUT2D eigenvalue weighted by Gasteiger charge is 2.15. The lowest BCUT2D eigenvalue weighted by Gasteiger charge is -2.11. The van der Waals surface area contributed by atoms with E-state index in [4.69, 9.17) is 16.7 Å². The fourth-order valence-corrected chi connectivity index (χ4v) is 3.54. The van der Waals surface area contributed by atoms with Crippen molar-refractivity contribution in [2.45, 2.75) is 25.0 Å². The van der Waals surface area contributed by atoms with Crippen LogP contribution in [0, 0.1) is 6.92 Å². The largest absolute Gasteiger partial charge is 0.481 e. The van der Waals surface area contributed by atoms with Crippen LogP contribution in [0.5, 0.6) is 0 Å². The summed E-state index contributed by atoms with van der Waals surface area (Å²) in [5.41, 5.74) is 2.85. The van der Waals surface area contributed by atoms with Crippen LogP contribution in [-0.2, 0) is 11.3 Å². The molecule has 0 aliphatic carbocycles. The molecule has 6 nitrogen and oxygen atoms in total. The van der Waals surface area contributed by atoms with Gasteiger partial charge in [-0.2, -0.15) is 0 Å². The van der Waals surface area contributed by atoms with Crippen LogP contribution in [0.1, 0.15) is 17.8 Å². The lowest BCUT2D eigenvalue weighted by molar-refractivity contribution is -0.136. The molecule has 3 aromatic rings. The highest BCUT2D eigenvalue weighted by molar-refractivity contribution is 7.99. The lowest BCUT2D eigenvalue weighted by Crippen LogP contribution is -2.08. The highest BCUT2D eigenvalue weighted by atomic mass is 35.5. The second-order valence-electron chi connectivity index (χ2n) is 5.88. The van der Waals surface area contributed by atoms with Gasteiger partial charge >= 0.3 is 5.97 Å². The Morgan fingerprint density at radius 3 is 2.70 bits per heavy atom. The van der Waals surface area contributed by atoms with Gasteiger partial charge in [0.1, 0.15) is 0 Å². The third-order valence-corrected chi connectivity index (χ3v) is 5.22. The number of anilines is 1. The Morgan fingerprint density at radius 1 is 1.22 bits per heavy atom. The van der Waals surface area contributed by atoms with Crippen molar-refractivity contribution < 1.29 is 9.90 Å². The Labute approximate surface area is 166 Å². The zero-order valence-electron chi connectivity index (χ0n) is 14.7. The van der Waals surface area contributed by atoms with Crippen LogP contribution in [0.15, 0.2) is 53.7 Å². The second kappa shape index (κ2) is 8.92. The number of hydrogen-bond donors (Lipinski definition) is 2. The van der Waals surface area contributed by atoms with E-state index >= 15 is 0 Å². The number of benzene rings is 2. The van der Waals surface area contributed by atoms with E-state index in [1.54, 1.807) is 0 Å². The summed E-state index contributed by atoms with van der Waals surface area (Å²) >= 11 is 7.56. The fraction of sp³-hybridized carbons (Fsp3) is 0.211. The second-order valence-corrected chi connectivity index (χ2v) is 7.35. The molecular formula is C19H19ClN4O2S. The molecule has 0 saturated carbocycles. The number of hydrogen-bond acceptors (Lipinski definition) is 5. The molecule has 0 aliphatic rings. The van der Waals surface area contributed by atoms with Gasteiger partial charge in [-0.15, -0.1) is 10.2 Å². The fourth-order valence-electron chi connectivity index (χ4n) is 2.46. The first-order valence-corrected chi connectivity index (χ1v) is 9.75. The molecule has 0 saturated heterocycles. The van der Waals surface area contributed by atoms with Crippen molar-refractivity contribution in [2.75, 3.05) is 11.1 Å². The minimum atomic E-state index is -0.827. The molecule has 2 aromatic carbocycles. The van der Waals surface area contributed by atoms with Crippen LogP contribution in [0.4, 0.5) is 5.69 Å². The van der Waals surface area contributed by atoms with Crippen molar-refractivity contribution in [3.05, 3.63) is 64.9 Å². The Morgan fingerprint density at radius 2 is 2.00 bits per heavy atom. The van der Waals surface area contributed by atoms with Crippen molar-refractivity contribution in [1.82, 2.24) is 14.8 Å². The zero-order chi connectivity index (χ0) is 19.2. The van der Waals surface area contributed by atoms with Crippen LogP contribution in [0.2, 0.25) is 5.02 Å². The van der Waals surface area contributed by atoms with E-state index in [1.165, 1.54) is 11.8 Å². The molecule has 8 heteroatoms. The summed E-state index contributed by atoms with van der Waals surface area (Å²) < 4.78 is 1.94. The molecule has 1 heterocycles. The molecule has 0 atom stereocenters. The number of carboxylic acids is 1. The average molecular weight is 403 g/mol. The SMILES string of the molecule is Cc1ccc(NCc2nnc(SCCC(=O)O)n2-c2ccccc2)cc1Cl. The number of rotatable bonds is 8. The first kappa shape index (κ1) is 19.3. The molecule has 0 unspecified atom stereocenters. The molecule has 0 aliphatic heterocycles. The third-order valence-electron chi connectivity index (χ3n) is 3.88.